The maximum Gasteiger partial charge on any atom is 0.0317 e. The Hall–Kier alpha value is -1.64. The van der Waals surface area contributed by atoms with Crippen LogP contribution in [-0.2, 0) is 0 Å². The summed E-state index contributed by atoms with van der Waals surface area (Å²) in [6.45, 7) is 26.1. The number of hydrogen-bond donors (Lipinski definition) is 2. The van der Waals surface area contributed by atoms with Gasteiger partial charge in [-0.3, -0.25) is 0 Å². The van der Waals surface area contributed by atoms with Crippen LogP contribution in [0.4, 0.5) is 0 Å². The lowest BCUT2D eigenvalue weighted by Crippen LogP contribution is -2.15. The van der Waals surface area contributed by atoms with Gasteiger partial charge in [0.15, 0.2) is 0 Å². The maximum absolute atomic E-state index is 4.50. The summed E-state index contributed by atoms with van der Waals surface area (Å²) in [4.78, 5) is 0. The molecule has 0 aromatic heterocycles. The summed E-state index contributed by atoms with van der Waals surface area (Å²) < 4.78 is 0. The monoisotopic (exact) mass is 486 g/mol. The molecule has 0 heterocycles. The number of hydrogen-bond acceptors (Lipinski definition) is 2. The fraction of sp³-hybridized carbons (Fsp3) is 0.636. The maximum atomic E-state index is 4.50. The Bertz CT molecular complexity index is 673. The van der Waals surface area contributed by atoms with Crippen LogP contribution < -0.4 is 11.1 Å². The van der Waals surface area contributed by atoms with Gasteiger partial charge in [0.2, 0.25) is 0 Å². The molecule has 0 spiro atoms. The summed E-state index contributed by atoms with van der Waals surface area (Å²) in [5.41, 5.74) is 11.6. The van der Waals surface area contributed by atoms with Gasteiger partial charge in [0, 0.05) is 6.04 Å². The van der Waals surface area contributed by atoms with Gasteiger partial charge in [-0.1, -0.05) is 137 Å². The van der Waals surface area contributed by atoms with Crippen LogP contribution in [0.25, 0.3) is 0 Å². The quantitative estimate of drug-likeness (QED) is 0.408. The number of aryl methyl sites for hydroxylation is 1. The zero-order chi connectivity index (χ0) is 28.0. The van der Waals surface area contributed by atoms with Gasteiger partial charge in [0.25, 0.3) is 0 Å². The lowest BCUT2D eigenvalue weighted by Gasteiger charge is -2.16. The van der Waals surface area contributed by atoms with E-state index in [1.807, 2.05) is 20.9 Å². The van der Waals surface area contributed by atoms with Crippen LogP contribution in [0.2, 0.25) is 0 Å². The smallest absolute Gasteiger partial charge is 0.0317 e. The molecule has 3 N–H and O–H groups in total. The highest BCUT2D eigenvalue weighted by molar-refractivity contribution is 5.32. The largest absolute Gasteiger partial charge is 0.333 e. The van der Waals surface area contributed by atoms with Crippen LogP contribution in [0.3, 0.4) is 0 Å². The Morgan fingerprint density at radius 1 is 0.657 bits per heavy atom. The van der Waals surface area contributed by atoms with E-state index in [4.69, 9.17) is 0 Å². The standard InChI is InChI=1S/C14H23N.C13H20.C3H8.C2H6.CH5N/c1-5-6-14(15-4)13-9-7-12(8-10-13)11(2)3;1-9(2)12-6-11(5)7-13(8-12)10(3)4;1-3-2;2*1-2/h7-11,14-15H,5-6H2,1-4H3;6-10H,1-5H3;3H2,1-2H3;1-2H3;2H2,1H3. The Morgan fingerprint density at radius 2 is 1.00 bits per heavy atom. The lowest BCUT2D eigenvalue weighted by atomic mass is 9.94. The van der Waals surface area contributed by atoms with E-state index in [9.17, 15) is 0 Å². The van der Waals surface area contributed by atoms with Crippen molar-refractivity contribution in [2.45, 2.75) is 126 Å². The number of rotatable bonds is 7. The first kappa shape index (κ1) is 37.9. The zero-order valence-electron chi connectivity index (χ0n) is 26.0. The van der Waals surface area contributed by atoms with Crippen molar-refractivity contribution in [3.63, 3.8) is 0 Å². The molecule has 2 nitrogen and oxygen atoms in total. The molecule has 1 unspecified atom stereocenters. The second kappa shape index (κ2) is 24.1. The number of benzene rings is 2. The van der Waals surface area contributed by atoms with Crippen molar-refractivity contribution in [1.82, 2.24) is 5.32 Å². The molecule has 2 heteroatoms. The van der Waals surface area contributed by atoms with E-state index >= 15 is 0 Å². The van der Waals surface area contributed by atoms with E-state index in [-0.39, 0.29) is 0 Å². The predicted molar refractivity (Wildman–Crippen MR) is 164 cm³/mol. The van der Waals surface area contributed by atoms with Crippen LogP contribution in [0, 0.1) is 6.92 Å². The van der Waals surface area contributed by atoms with Crippen LogP contribution in [-0.4, -0.2) is 14.1 Å². The summed E-state index contributed by atoms with van der Waals surface area (Å²) in [5, 5.41) is 3.37. The Kier molecular flexibility index (Phi) is 26.1. The summed E-state index contributed by atoms with van der Waals surface area (Å²) >= 11 is 0. The first-order chi connectivity index (χ1) is 16.6. The van der Waals surface area contributed by atoms with Gasteiger partial charge < -0.3 is 11.1 Å². The molecule has 0 fully saturated rings. The van der Waals surface area contributed by atoms with Crippen molar-refractivity contribution < 1.29 is 0 Å². The SMILES string of the molecule is CC.CCC.CCCC(NC)c1ccc(C(C)C)cc1.CN.Cc1cc(C(C)C)cc(C(C)C)c1. The molecule has 0 amide bonds. The fourth-order valence-corrected chi connectivity index (χ4v) is 3.39. The number of nitrogens with two attached hydrogens (primary N) is 1. The van der Waals surface area contributed by atoms with Crippen molar-refractivity contribution in [2.75, 3.05) is 14.1 Å². The van der Waals surface area contributed by atoms with E-state index in [1.54, 1.807) is 0 Å². The van der Waals surface area contributed by atoms with Gasteiger partial charge in [-0.05, 0) is 67.4 Å². The third-order valence-corrected chi connectivity index (χ3v) is 5.39. The van der Waals surface area contributed by atoms with Gasteiger partial charge >= 0.3 is 0 Å². The molecule has 35 heavy (non-hydrogen) atoms. The van der Waals surface area contributed by atoms with Gasteiger partial charge in [-0.15, -0.1) is 0 Å². The van der Waals surface area contributed by atoms with Gasteiger partial charge in [0.1, 0.15) is 0 Å². The van der Waals surface area contributed by atoms with Crippen LogP contribution in [0.1, 0.15) is 147 Å². The van der Waals surface area contributed by atoms with Crippen molar-refractivity contribution in [1.29, 1.82) is 0 Å². The zero-order valence-corrected chi connectivity index (χ0v) is 26.0. The molecule has 0 saturated heterocycles. The van der Waals surface area contributed by atoms with E-state index in [0.29, 0.717) is 23.8 Å². The summed E-state index contributed by atoms with van der Waals surface area (Å²) in [6.07, 6.45) is 3.68. The molecule has 2 aromatic rings. The average molecular weight is 487 g/mol. The van der Waals surface area contributed by atoms with Crippen LogP contribution in [0.5, 0.6) is 0 Å². The molecule has 0 saturated carbocycles. The topological polar surface area (TPSA) is 38.0 Å². The molecule has 1 atom stereocenters. The van der Waals surface area contributed by atoms with Crippen molar-refractivity contribution >= 4 is 0 Å². The molecule has 0 aliphatic carbocycles. The van der Waals surface area contributed by atoms with E-state index in [0.717, 1.165) is 0 Å². The second-order valence-corrected chi connectivity index (χ2v) is 9.64. The van der Waals surface area contributed by atoms with Crippen LogP contribution >= 0.6 is 0 Å². The lowest BCUT2D eigenvalue weighted by molar-refractivity contribution is 0.541. The Morgan fingerprint density at radius 3 is 1.29 bits per heavy atom. The van der Waals surface area contributed by atoms with E-state index in [1.165, 1.54) is 54.1 Å². The highest BCUT2D eigenvalue weighted by Gasteiger charge is 2.08. The Labute approximate surface area is 221 Å². The third kappa shape index (κ3) is 17.4. The minimum absolute atomic E-state index is 0.510. The Balaban J connectivity index is -0.000000468. The molecule has 0 bridgehead atoms. The van der Waals surface area contributed by atoms with Gasteiger partial charge in [0.05, 0.1) is 0 Å². The molecule has 2 aromatic carbocycles. The molecule has 204 valence electrons. The van der Waals surface area contributed by atoms with E-state index < -0.39 is 0 Å². The predicted octanol–water partition coefficient (Wildman–Crippen LogP) is 10.1. The average Bonchev–Trinajstić information content (AvgIpc) is 2.85. The van der Waals surface area contributed by atoms with Crippen molar-refractivity contribution in [3.05, 3.63) is 70.3 Å². The summed E-state index contributed by atoms with van der Waals surface area (Å²) in [5.74, 6) is 1.90. The summed E-state index contributed by atoms with van der Waals surface area (Å²) in [6, 6.07) is 16.4. The highest BCUT2D eigenvalue weighted by atomic mass is 14.9. The molecule has 0 radical (unpaired) electrons. The van der Waals surface area contributed by atoms with Gasteiger partial charge in [-0.2, -0.15) is 0 Å². The van der Waals surface area contributed by atoms with Crippen molar-refractivity contribution in [2.24, 2.45) is 5.73 Å². The third-order valence-electron chi connectivity index (χ3n) is 5.39. The minimum atomic E-state index is 0.510. The molecule has 0 aliphatic heterocycles. The minimum Gasteiger partial charge on any atom is -0.333 e. The van der Waals surface area contributed by atoms with Crippen molar-refractivity contribution in [3.8, 4) is 0 Å². The second-order valence-electron chi connectivity index (χ2n) is 9.64. The fourth-order valence-electron chi connectivity index (χ4n) is 3.39. The number of nitrogens with one attached hydrogen (secondary N) is 1. The first-order valence-corrected chi connectivity index (χ1v) is 14.1. The molecular weight excluding hydrogens is 424 g/mol. The molecule has 0 aliphatic rings. The van der Waals surface area contributed by atoms with E-state index in [2.05, 4.69) is 123 Å². The van der Waals surface area contributed by atoms with Crippen LogP contribution in [0.15, 0.2) is 42.5 Å². The molecule has 2 rings (SSSR count). The van der Waals surface area contributed by atoms with Gasteiger partial charge in [-0.25, -0.2) is 0 Å². The molecular formula is C33H62N2. The normalized spacial score (nSPS) is 10.7. The highest BCUT2D eigenvalue weighted by Crippen LogP contribution is 2.23. The first-order valence-electron chi connectivity index (χ1n) is 14.1. The summed E-state index contributed by atoms with van der Waals surface area (Å²) in [7, 11) is 3.54.